The summed E-state index contributed by atoms with van der Waals surface area (Å²) in [4.78, 5) is 10.1. The highest BCUT2D eigenvalue weighted by molar-refractivity contribution is 5.81. The van der Waals surface area contributed by atoms with Gasteiger partial charge in [0.15, 0.2) is 0 Å². The van der Waals surface area contributed by atoms with Crippen LogP contribution in [0.4, 0.5) is 0 Å². The number of aliphatic carboxylic acids is 1. The largest absolute Gasteiger partial charge is 0.481 e. The lowest BCUT2D eigenvalue weighted by atomic mass is 10.2. The molecule has 0 aliphatic rings. The predicted octanol–water partition coefficient (Wildman–Crippen LogP) is 1.20. The average molecular weight is 134 g/mol. The number of carboxylic acids is 1. The molecule has 1 aromatic carbocycles. The molecule has 0 saturated heterocycles. The second-order valence-electron chi connectivity index (χ2n) is 1.80. The first kappa shape index (κ1) is 6.81. The Labute approximate surface area is 59.1 Å². The minimum Gasteiger partial charge on any atom is -0.481 e. The number of hydrogen-bond acceptors (Lipinski definition) is 1. The molecule has 2 radical (unpaired) electrons. The van der Waals surface area contributed by atoms with E-state index in [1.165, 1.54) is 0 Å². The van der Waals surface area contributed by atoms with Gasteiger partial charge in [-0.15, -0.1) is 0 Å². The van der Waals surface area contributed by atoms with Crippen molar-refractivity contribution >= 4 is 5.97 Å². The van der Waals surface area contributed by atoms with Crippen LogP contribution in [0.1, 0.15) is 5.56 Å². The minimum atomic E-state index is -1.04. The highest BCUT2D eigenvalue weighted by Gasteiger charge is 1.98. The van der Waals surface area contributed by atoms with Gasteiger partial charge in [-0.1, -0.05) is 30.3 Å². The van der Waals surface area contributed by atoms with E-state index < -0.39 is 5.97 Å². The summed E-state index contributed by atoms with van der Waals surface area (Å²) in [5.74, 6) is -1.04. The van der Waals surface area contributed by atoms with E-state index in [9.17, 15) is 4.79 Å². The quantitative estimate of drug-likeness (QED) is 0.659. The normalized spacial score (nSPS) is 9.20. The molecule has 0 heterocycles. The molecular formula is C8H6O2. The van der Waals surface area contributed by atoms with Crippen LogP contribution >= 0.6 is 0 Å². The third-order valence-electron chi connectivity index (χ3n) is 1.03. The van der Waals surface area contributed by atoms with Crippen molar-refractivity contribution in [3.63, 3.8) is 0 Å². The Balaban J connectivity index is 2.67. The molecule has 0 aromatic heterocycles. The number of carbonyl (C=O) groups is 1. The van der Waals surface area contributed by atoms with Crippen molar-refractivity contribution in [2.45, 2.75) is 0 Å². The number of benzene rings is 1. The monoisotopic (exact) mass is 134 g/mol. The average Bonchev–Trinajstić information content (AvgIpc) is 1.88. The third kappa shape index (κ3) is 1.90. The van der Waals surface area contributed by atoms with Crippen molar-refractivity contribution in [1.82, 2.24) is 0 Å². The van der Waals surface area contributed by atoms with Crippen LogP contribution in [0.2, 0.25) is 0 Å². The summed E-state index contributed by atoms with van der Waals surface area (Å²) >= 11 is 0. The molecule has 1 rings (SSSR count). The molecule has 0 saturated carbocycles. The summed E-state index contributed by atoms with van der Waals surface area (Å²) in [6.07, 6.45) is 2.22. The fourth-order valence-corrected chi connectivity index (χ4v) is 0.645. The lowest BCUT2D eigenvalue weighted by Crippen LogP contribution is -1.95. The van der Waals surface area contributed by atoms with Crippen LogP contribution in [0.15, 0.2) is 30.3 Å². The van der Waals surface area contributed by atoms with E-state index in [-0.39, 0.29) is 0 Å². The molecule has 1 aromatic rings. The van der Waals surface area contributed by atoms with Gasteiger partial charge in [0.05, 0.1) is 0 Å². The van der Waals surface area contributed by atoms with Gasteiger partial charge in [-0.25, -0.2) is 0 Å². The molecule has 0 bridgehead atoms. The Hall–Kier alpha value is -1.31. The maximum Gasteiger partial charge on any atom is 0.317 e. The SMILES string of the molecule is O=C(O)[C]c1ccccc1. The molecule has 0 amide bonds. The van der Waals surface area contributed by atoms with Crippen molar-refractivity contribution in [2.24, 2.45) is 0 Å². The van der Waals surface area contributed by atoms with Crippen molar-refractivity contribution < 1.29 is 9.90 Å². The van der Waals surface area contributed by atoms with Crippen LogP contribution in [0.3, 0.4) is 0 Å². The summed E-state index contributed by atoms with van der Waals surface area (Å²) in [5.41, 5.74) is 0.593. The van der Waals surface area contributed by atoms with Crippen LogP contribution < -0.4 is 0 Å². The molecule has 0 aliphatic heterocycles. The Bertz CT molecular complexity index is 216. The smallest absolute Gasteiger partial charge is 0.317 e. The van der Waals surface area contributed by atoms with Gasteiger partial charge in [-0.05, 0) is 5.56 Å². The first-order valence-electron chi connectivity index (χ1n) is 2.84. The van der Waals surface area contributed by atoms with Crippen molar-refractivity contribution in [3.8, 4) is 0 Å². The molecule has 1 N–H and O–H groups in total. The minimum absolute atomic E-state index is 0.593. The zero-order chi connectivity index (χ0) is 7.40. The Morgan fingerprint density at radius 1 is 1.30 bits per heavy atom. The van der Waals surface area contributed by atoms with E-state index >= 15 is 0 Å². The van der Waals surface area contributed by atoms with Crippen molar-refractivity contribution in [2.75, 3.05) is 0 Å². The van der Waals surface area contributed by atoms with Gasteiger partial charge < -0.3 is 5.11 Å². The molecule has 0 aliphatic carbocycles. The Kier molecular flexibility index (Phi) is 2.05. The molecule has 0 fully saturated rings. The predicted molar refractivity (Wildman–Crippen MR) is 36.4 cm³/mol. The molecule has 50 valence electrons. The molecule has 2 nitrogen and oxygen atoms in total. The standard InChI is InChI=1S/C8H6O2/c9-8(10)6-7-4-2-1-3-5-7/h1-5H,(H,9,10). The molecule has 0 spiro atoms. The molecule has 2 heteroatoms. The van der Waals surface area contributed by atoms with E-state index in [1.807, 2.05) is 6.07 Å². The maximum absolute atomic E-state index is 10.1. The lowest BCUT2D eigenvalue weighted by molar-refractivity contribution is -0.132. The van der Waals surface area contributed by atoms with Gasteiger partial charge in [-0.3, -0.25) is 4.79 Å². The van der Waals surface area contributed by atoms with Gasteiger partial charge in [-0.2, -0.15) is 0 Å². The van der Waals surface area contributed by atoms with Gasteiger partial charge in [0.25, 0.3) is 0 Å². The van der Waals surface area contributed by atoms with Gasteiger partial charge >= 0.3 is 5.97 Å². The summed E-state index contributed by atoms with van der Waals surface area (Å²) in [6, 6.07) is 8.74. The maximum atomic E-state index is 10.1. The molecule has 10 heavy (non-hydrogen) atoms. The zero-order valence-corrected chi connectivity index (χ0v) is 5.24. The Morgan fingerprint density at radius 2 is 1.90 bits per heavy atom. The van der Waals surface area contributed by atoms with Gasteiger partial charge in [0.1, 0.15) is 6.42 Å². The zero-order valence-electron chi connectivity index (χ0n) is 5.24. The molecule has 0 atom stereocenters. The highest BCUT2D eigenvalue weighted by atomic mass is 16.4. The first-order valence-corrected chi connectivity index (χ1v) is 2.84. The van der Waals surface area contributed by atoms with Crippen molar-refractivity contribution in [1.29, 1.82) is 0 Å². The van der Waals surface area contributed by atoms with E-state index in [0.29, 0.717) is 5.56 Å². The van der Waals surface area contributed by atoms with E-state index in [1.54, 1.807) is 24.3 Å². The second-order valence-corrected chi connectivity index (χ2v) is 1.80. The number of carboxylic acid groups (broad SMARTS) is 1. The van der Waals surface area contributed by atoms with Crippen LogP contribution in [0.5, 0.6) is 0 Å². The van der Waals surface area contributed by atoms with Crippen LogP contribution in [-0.4, -0.2) is 11.1 Å². The molecular weight excluding hydrogens is 128 g/mol. The van der Waals surface area contributed by atoms with Crippen LogP contribution in [-0.2, 0) is 4.79 Å². The first-order chi connectivity index (χ1) is 4.79. The Morgan fingerprint density at radius 3 is 2.40 bits per heavy atom. The van der Waals surface area contributed by atoms with Crippen LogP contribution in [0.25, 0.3) is 0 Å². The second kappa shape index (κ2) is 3.01. The van der Waals surface area contributed by atoms with Crippen molar-refractivity contribution in [3.05, 3.63) is 42.3 Å². The van der Waals surface area contributed by atoms with E-state index in [0.717, 1.165) is 0 Å². The third-order valence-corrected chi connectivity index (χ3v) is 1.03. The molecule has 0 unspecified atom stereocenters. The van der Waals surface area contributed by atoms with E-state index in [4.69, 9.17) is 5.11 Å². The van der Waals surface area contributed by atoms with Crippen LogP contribution in [0, 0.1) is 6.42 Å². The number of rotatable bonds is 2. The summed E-state index contributed by atoms with van der Waals surface area (Å²) in [6.45, 7) is 0. The van der Waals surface area contributed by atoms with Gasteiger partial charge in [0.2, 0.25) is 0 Å². The summed E-state index contributed by atoms with van der Waals surface area (Å²) in [7, 11) is 0. The topological polar surface area (TPSA) is 37.3 Å². The fourth-order valence-electron chi connectivity index (χ4n) is 0.645. The lowest BCUT2D eigenvalue weighted by Gasteiger charge is -1.91. The highest BCUT2D eigenvalue weighted by Crippen LogP contribution is 2.00. The van der Waals surface area contributed by atoms with E-state index in [2.05, 4.69) is 6.42 Å². The number of hydrogen-bond donors (Lipinski definition) is 1. The fraction of sp³-hybridized carbons (Fsp3) is 0. The van der Waals surface area contributed by atoms with Gasteiger partial charge in [0, 0.05) is 0 Å². The summed E-state index contributed by atoms with van der Waals surface area (Å²) < 4.78 is 0. The summed E-state index contributed by atoms with van der Waals surface area (Å²) in [5, 5.41) is 8.26.